The van der Waals surface area contributed by atoms with E-state index in [1.165, 1.54) is 36.8 Å². The van der Waals surface area contributed by atoms with Gasteiger partial charge in [0, 0.05) is 6.54 Å². The molecule has 0 spiro atoms. The summed E-state index contributed by atoms with van der Waals surface area (Å²) in [5.41, 5.74) is 4.10. The molecule has 1 aromatic carbocycles. The maximum Gasteiger partial charge on any atom is 0.124 e. The van der Waals surface area contributed by atoms with Gasteiger partial charge < -0.3 is 4.57 Å². The van der Waals surface area contributed by atoms with Crippen LogP contribution in [0.2, 0.25) is 0 Å². The molecule has 1 saturated carbocycles. The molecule has 2 aromatic rings. The van der Waals surface area contributed by atoms with Gasteiger partial charge in [0.25, 0.3) is 0 Å². The van der Waals surface area contributed by atoms with E-state index in [-0.39, 0.29) is 0 Å². The molecule has 3 rings (SSSR count). The quantitative estimate of drug-likeness (QED) is 0.726. The Hall–Kier alpha value is -1.02. The van der Waals surface area contributed by atoms with Crippen molar-refractivity contribution in [3.05, 3.63) is 29.6 Å². The Balaban J connectivity index is 2.01. The molecule has 1 heterocycles. The van der Waals surface area contributed by atoms with Crippen LogP contribution in [0.1, 0.15) is 44.0 Å². The largest absolute Gasteiger partial charge is 0.326 e. The van der Waals surface area contributed by atoms with Crippen molar-refractivity contribution < 1.29 is 0 Å². The van der Waals surface area contributed by atoms with Crippen LogP contribution in [0.25, 0.3) is 11.0 Å². The van der Waals surface area contributed by atoms with Crippen molar-refractivity contribution in [1.29, 1.82) is 0 Å². The number of hydrogen-bond acceptors (Lipinski definition) is 1. The predicted octanol–water partition coefficient (Wildman–Crippen LogP) is 4.66. The van der Waals surface area contributed by atoms with Gasteiger partial charge in [-0.15, -0.1) is 11.6 Å². The fourth-order valence-corrected chi connectivity index (χ4v) is 3.30. The number of nitrogens with zero attached hydrogens (tertiary/aromatic N) is 2. The lowest BCUT2D eigenvalue weighted by Gasteiger charge is -2.17. The van der Waals surface area contributed by atoms with Crippen LogP contribution in [-0.2, 0) is 12.4 Å². The van der Waals surface area contributed by atoms with Gasteiger partial charge >= 0.3 is 0 Å². The summed E-state index contributed by atoms with van der Waals surface area (Å²) in [6, 6.07) is 6.51. The molecule has 102 valence electrons. The number of imidazole rings is 1. The number of hydrogen-bond donors (Lipinski definition) is 0. The van der Waals surface area contributed by atoms with Gasteiger partial charge in [-0.2, -0.15) is 0 Å². The van der Waals surface area contributed by atoms with E-state index >= 15 is 0 Å². The van der Waals surface area contributed by atoms with Crippen LogP contribution in [0.4, 0.5) is 0 Å². The van der Waals surface area contributed by atoms with Crippen molar-refractivity contribution in [3.63, 3.8) is 0 Å². The maximum absolute atomic E-state index is 6.09. The molecule has 1 aromatic heterocycles. The van der Waals surface area contributed by atoms with E-state index in [4.69, 9.17) is 16.6 Å². The zero-order chi connectivity index (χ0) is 13.5. The molecule has 0 radical (unpaired) electrons. The van der Waals surface area contributed by atoms with E-state index in [1.807, 2.05) is 0 Å². The zero-order valence-corrected chi connectivity index (χ0v) is 12.5. The molecule has 1 fully saturated rings. The topological polar surface area (TPSA) is 17.8 Å². The minimum atomic E-state index is 0.496. The first kappa shape index (κ1) is 13.0. The first-order valence-corrected chi connectivity index (χ1v) is 7.73. The van der Waals surface area contributed by atoms with Crippen molar-refractivity contribution in [2.45, 2.75) is 52.0 Å². The Kier molecular flexibility index (Phi) is 3.30. The standard InChI is InChI=1S/C16H21ClN2/c1-3-6-16(7-8-16)11-19-14-5-4-12(2)9-13(14)18-15(19)10-17/h4-5,9H,3,6-8,10-11H2,1-2H3. The third kappa shape index (κ3) is 2.38. The second-order valence-corrected chi connectivity index (χ2v) is 6.26. The molecule has 2 nitrogen and oxygen atoms in total. The molecule has 1 aliphatic rings. The molecular weight excluding hydrogens is 256 g/mol. The van der Waals surface area contributed by atoms with Gasteiger partial charge in [-0.3, -0.25) is 0 Å². The van der Waals surface area contributed by atoms with Gasteiger partial charge in [0.15, 0.2) is 0 Å². The summed E-state index contributed by atoms with van der Waals surface area (Å²) in [6.07, 6.45) is 5.30. The van der Waals surface area contributed by atoms with E-state index in [0.29, 0.717) is 11.3 Å². The molecule has 0 aliphatic heterocycles. The van der Waals surface area contributed by atoms with Gasteiger partial charge in [0.05, 0.1) is 16.9 Å². The van der Waals surface area contributed by atoms with Crippen LogP contribution < -0.4 is 0 Å². The average Bonchev–Trinajstić information content (AvgIpc) is 3.06. The van der Waals surface area contributed by atoms with Gasteiger partial charge in [-0.05, 0) is 49.3 Å². The minimum Gasteiger partial charge on any atom is -0.326 e. The summed E-state index contributed by atoms with van der Waals surface area (Å²) in [5, 5.41) is 0. The molecule has 0 unspecified atom stereocenters. The number of aromatic nitrogens is 2. The lowest BCUT2D eigenvalue weighted by atomic mass is 10.0. The van der Waals surface area contributed by atoms with Crippen molar-refractivity contribution in [2.24, 2.45) is 5.41 Å². The highest BCUT2D eigenvalue weighted by atomic mass is 35.5. The lowest BCUT2D eigenvalue weighted by molar-refractivity contribution is 0.389. The number of halogens is 1. The summed E-state index contributed by atoms with van der Waals surface area (Å²) >= 11 is 6.09. The van der Waals surface area contributed by atoms with Crippen LogP contribution >= 0.6 is 11.6 Å². The summed E-state index contributed by atoms with van der Waals surface area (Å²) in [7, 11) is 0. The fraction of sp³-hybridized carbons (Fsp3) is 0.562. The van der Waals surface area contributed by atoms with E-state index in [0.717, 1.165) is 17.9 Å². The molecule has 1 aliphatic carbocycles. The molecule has 19 heavy (non-hydrogen) atoms. The van der Waals surface area contributed by atoms with E-state index < -0.39 is 0 Å². The molecule has 0 N–H and O–H groups in total. The van der Waals surface area contributed by atoms with Gasteiger partial charge in [-0.1, -0.05) is 19.4 Å². The Morgan fingerprint density at radius 2 is 2.16 bits per heavy atom. The van der Waals surface area contributed by atoms with Crippen LogP contribution in [0.3, 0.4) is 0 Å². The zero-order valence-electron chi connectivity index (χ0n) is 11.7. The van der Waals surface area contributed by atoms with Crippen LogP contribution in [-0.4, -0.2) is 9.55 Å². The maximum atomic E-state index is 6.09. The Labute approximate surface area is 119 Å². The highest BCUT2D eigenvalue weighted by Crippen LogP contribution is 2.51. The van der Waals surface area contributed by atoms with Crippen molar-refractivity contribution in [2.75, 3.05) is 0 Å². The second kappa shape index (κ2) is 4.82. The van der Waals surface area contributed by atoms with Crippen molar-refractivity contribution in [1.82, 2.24) is 9.55 Å². The molecule has 0 atom stereocenters. The lowest BCUT2D eigenvalue weighted by Crippen LogP contribution is -2.13. The van der Waals surface area contributed by atoms with E-state index in [1.54, 1.807) is 0 Å². The molecular formula is C16H21ClN2. The van der Waals surface area contributed by atoms with Gasteiger partial charge in [0.1, 0.15) is 5.82 Å². The van der Waals surface area contributed by atoms with Gasteiger partial charge in [0.2, 0.25) is 0 Å². The summed E-state index contributed by atoms with van der Waals surface area (Å²) in [4.78, 5) is 4.70. The van der Waals surface area contributed by atoms with Crippen LogP contribution in [0.15, 0.2) is 18.2 Å². The van der Waals surface area contributed by atoms with Crippen LogP contribution in [0, 0.1) is 12.3 Å². The predicted molar refractivity (Wildman–Crippen MR) is 80.6 cm³/mol. The van der Waals surface area contributed by atoms with Crippen LogP contribution in [0.5, 0.6) is 0 Å². The Morgan fingerprint density at radius 3 is 2.79 bits per heavy atom. The first-order chi connectivity index (χ1) is 9.17. The van der Waals surface area contributed by atoms with E-state index in [9.17, 15) is 0 Å². The summed E-state index contributed by atoms with van der Waals surface area (Å²) in [6.45, 7) is 5.47. The number of alkyl halides is 1. The fourth-order valence-electron chi connectivity index (χ4n) is 3.10. The minimum absolute atomic E-state index is 0.496. The van der Waals surface area contributed by atoms with E-state index in [2.05, 4.69) is 36.6 Å². The third-order valence-electron chi connectivity index (χ3n) is 4.33. The normalized spacial score (nSPS) is 17.0. The van der Waals surface area contributed by atoms with Gasteiger partial charge in [-0.25, -0.2) is 4.98 Å². The number of fused-ring (bicyclic) bond motifs is 1. The van der Waals surface area contributed by atoms with Crippen molar-refractivity contribution >= 4 is 22.6 Å². The van der Waals surface area contributed by atoms with Crippen molar-refractivity contribution in [3.8, 4) is 0 Å². The Morgan fingerprint density at radius 1 is 1.37 bits per heavy atom. The summed E-state index contributed by atoms with van der Waals surface area (Å²) in [5.74, 6) is 1.51. The first-order valence-electron chi connectivity index (χ1n) is 7.19. The molecule has 3 heteroatoms. The summed E-state index contributed by atoms with van der Waals surface area (Å²) < 4.78 is 2.35. The molecule has 0 saturated heterocycles. The Bertz CT molecular complexity index is 596. The molecule has 0 bridgehead atoms. The smallest absolute Gasteiger partial charge is 0.124 e. The second-order valence-electron chi connectivity index (χ2n) is 5.99. The monoisotopic (exact) mass is 276 g/mol. The highest BCUT2D eigenvalue weighted by Gasteiger charge is 2.42. The number of rotatable bonds is 5. The number of aryl methyl sites for hydroxylation is 1. The highest BCUT2D eigenvalue weighted by molar-refractivity contribution is 6.16. The third-order valence-corrected chi connectivity index (χ3v) is 4.57. The molecule has 0 amide bonds. The number of benzene rings is 1. The SMILES string of the molecule is CCCC1(Cn2c(CCl)nc3cc(C)ccc32)CC1. The average molecular weight is 277 g/mol.